The van der Waals surface area contributed by atoms with Gasteiger partial charge in [0.15, 0.2) is 6.61 Å². The van der Waals surface area contributed by atoms with Crippen molar-refractivity contribution in [2.24, 2.45) is 0 Å². The van der Waals surface area contributed by atoms with Gasteiger partial charge in [-0.3, -0.25) is 0 Å². The van der Waals surface area contributed by atoms with E-state index in [1.54, 1.807) is 24.3 Å². The average molecular weight is 234 g/mol. The highest BCUT2D eigenvalue weighted by Crippen LogP contribution is 2.19. The third kappa shape index (κ3) is 2.63. The first-order valence-electron chi connectivity index (χ1n) is 4.92. The number of benzene rings is 1. The van der Waals surface area contributed by atoms with E-state index < -0.39 is 11.6 Å². The summed E-state index contributed by atoms with van der Waals surface area (Å²) < 4.78 is 14.6. The smallest absolute Gasteiger partial charge is 0.343 e. The molecule has 1 aromatic carbocycles. The number of methoxy groups -OCH3 is 1. The summed E-state index contributed by atoms with van der Waals surface area (Å²) in [6.07, 6.45) is 0. The Labute approximate surface area is 96.6 Å². The van der Waals surface area contributed by atoms with Crippen LogP contribution in [0.25, 0.3) is 11.0 Å². The zero-order valence-electron chi connectivity index (χ0n) is 9.14. The second-order valence-electron chi connectivity index (χ2n) is 3.32. The maximum atomic E-state index is 11.0. The second kappa shape index (κ2) is 4.69. The number of carbonyl (C=O) groups is 1. The van der Waals surface area contributed by atoms with Gasteiger partial charge in [-0.05, 0) is 18.2 Å². The lowest BCUT2D eigenvalue weighted by molar-refractivity contribution is -0.142. The van der Waals surface area contributed by atoms with Crippen molar-refractivity contribution in [3.05, 3.63) is 40.8 Å². The van der Waals surface area contributed by atoms with Crippen molar-refractivity contribution in [3.63, 3.8) is 0 Å². The Hall–Kier alpha value is -2.30. The predicted molar refractivity (Wildman–Crippen MR) is 60.0 cm³/mol. The molecule has 0 N–H and O–H groups in total. The second-order valence-corrected chi connectivity index (χ2v) is 3.32. The molecule has 17 heavy (non-hydrogen) atoms. The number of carbonyl (C=O) groups excluding carboxylic acids is 1. The topological polar surface area (TPSA) is 65.7 Å². The van der Waals surface area contributed by atoms with Gasteiger partial charge in [-0.25, -0.2) is 9.59 Å². The van der Waals surface area contributed by atoms with Gasteiger partial charge in [0.25, 0.3) is 0 Å². The molecule has 0 bridgehead atoms. The molecule has 2 rings (SSSR count). The zero-order chi connectivity index (χ0) is 12.3. The monoisotopic (exact) mass is 234 g/mol. The fraction of sp³-hybridized carbons (Fsp3) is 0.167. The van der Waals surface area contributed by atoms with Gasteiger partial charge in [-0.15, -0.1) is 0 Å². The Morgan fingerprint density at radius 1 is 1.29 bits per heavy atom. The summed E-state index contributed by atoms with van der Waals surface area (Å²) in [4.78, 5) is 21.9. The largest absolute Gasteiger partial charge is 0.482 e. The maximum Gasteiger partial charge on any atom is 0.343 e. The minimum absolute atomic E-state index is 0.181. The highest BCUT2D eigenvalue weighted by atomic mass is 16.6. The van der Waals surface area contributed by atoms with Crippen LogP contribution in [0.3, 0.4) is 0 Å². The van der Waals surface area contributed by atoms with E-state index in [-0.39, 0.29) is 6.61 Å². The molecule has 0 aliphatic carbocycles. The van der Waals surface area contributed by atoms with E-state index in [4.69, 9.17) is 9.15 Å². The van der Waals surface area contributed by atoms with E-state index in [1.165, 1.54) is 13.2 Å². The van der Waals surface area contributed by atoms with Crippen LogP contribution in [0.1, 0.15) is 0 Å². The highest BCUT2D eigenvalue weighted by Gasteiger charge is 2.03. The standard InChI is InChI=1S/C12H10O5/c1-15-12(14)7-16-9-4-2-8-3-5-11(13)17-10(8)6-9/h2-6H,7H2,1H3. The van der Waals surface area contributed by atoms with E-state index >= 15 is 0 Å². The van der Waals surface area contributed by atoms with Gasteiger partial charge in [0.1, 0.15) is 11.3 Å². The SMILES string of the molecule is COC(=O)COc1ccc2ccc(=O)oc2c1. The zero-order valence-corrected chi connectivity index (χ0v) is 9.14. The number of fused-ring (bicyclic) bond motifs is 1. The fourth-order valence-electron chi connectivity index (χ4n) is 1.33. The quantitative estimate of drug-likeness (QED) is 0.592. The Bertz CT molecular complexity index is 599. The first kappa shape index (κ1) is 11.2. The minimum atomic E-state index is -0.473. The highest BCUT2D eigenvalue weighted by molar-refractivity contribution is 5.78. The summed E-state index contributed by atoms with van der Waals surface area (Å²) in [7, 11) is 1.28. The Morgan fingerprint density at radius 2 is 2.06 bits per heavy atom. The molecular formula is C12H10O5. The Morgan fingerprint density at radius 3 is 2.82 bits per heavy atom. The molecule has 0 saturated heterocycles. The molecule has 0 radical (unpaired) electrons. The molecular weight excluding hydrogens is 224 g/mol. The van der Waals surface area contributed by atoms with E-state index in [0.717, 1.165) is 5.39 Å². The molecule has 1 heterocycles. The summed E-state index contributed by atoms with van der Waals surface area (Å²) >= 11 is 0. The van der Waals surface area contributed by atoms with E-state index in [9.17, 15) is 9.59 Å². The summed E-state index contributed by atoms with van der Waals surface area (Å²) in [6, 6.07) is 7.98. The van der Waals surface area contributed by atoms with Crippen LogP contribution in [0.5, 0.6) is 5.75 Å². The fourth-order valence-corrected chi connectivity index (χ4v) is 1.33. The van der Waals surface area contributed by atoms with Crippen molar-refractivity contribution in [2.75, 3.05) is 13.7 Å². The summed E-state index contributed by atoms with van der Waals surface area (Å²) in [5.41, 5.74) is -0.0116. The van der Waals surface area contributed by atoms with Crippen LogP contribution in [0.2, 0.25) is 0 Å². The molecule has 88 valence electrons. The third-order valence-corrected chi connectivity index (χ3v) is 2.18. The van der Waals surface area contributed by atoms with Crippen molar-refractivity contribution >= 4 is 16.9 Å². The van der Waals surface area contributed by atoms with E-state index in [1.807, 2.05) is 0 Å². The molecule has 1 aromatic heterocycles. The van der Waals surface area contributed by atoms with Crippen LogP contribution >= 0.6 is 0 Å². The van der Waals surface area contributed by atoms with Gasteiger partial charge < -0.3 is 13.9 Å². The number of esters is 1. The van der Waals surface area contributed by atoms with E-state index in [2.05, 4.69) is 4.74 Å². The molecule has 2 aromatic rings. The molecule has 0 atom stereocenters. The van der Waals surface area contributed by atoms with Crippen molar-refractivity contribution in [1.82, 2.24) is 0 Å². The summed E-state index contributed by atoms with van der Waals surface area (Å²) in [5, 5.41) is 0.787. The number of rotatable bonds is 3. The van der Waals surface area contributed by atoms with Gasteiger partial charge in [0.05, 0.1) is 7.11 Å². The van der Waals surface area contributed by atoms with Crippen molar-refractivity contribution in [3.8, 4) is 5.75 Å². The first-order chi connectivity index (χ1) is 8.19. The van der Waals surface area contributed by atoms with Crippen molar-refractivity contribution in [2.45, 2.75) is 0 Å². The molecule has 0 fully saturated rings. The number of ether oxygens (including phenoxy) is 2. The van der Waals surface area contributed by atoms with Gasteiger partial charge in [-0.1, -0.05) is 0 Å². The molecule has 0 spiro atoms. The van der Waals surface area contributed by atoms with E-state index in [0.29, 0.717) is 11.3 Å². The molecule has 0 aliphatic rings. The van der Waals surface area contributed by atoms with Crippen molar-refractivity contribution in [1.29, 1.82) is 0 Å². The Balaban J connectivity index is 2.25. The molecule has 0 aliphatic heterocycles. The molecule has 0 unspecified atom stereocenters. The van der Waals surface area contributed by atoms with Gasteiger partial charge in [0, 0.05) is 17.5 Å². The van der Waals surface area contributed by atoms with Crippen LogP contribution in [-0.2, 0) is 9.53 Å². The van der Waals surface area contributed by atoms with Crippen LogP contribution in [0.15, 0.2) is 39.5 Å². The van der Waals surface area contributed by atoms with Gasteiger partial charge in [0.2, 0.25) is 0 Å². The van der Waals surface area contributed by atoms with Crippen LogP contribution in [0, 0.1) is 0 Å². The lowest BCUT2D eigenvalue weighted by Crippen LogP contribution is -2.12. The molecule has 0 saturated carbocycles. The molecule has 0 amide bonds. The average Bonchev–Trinajstić information content (AvgIpc) is 2.35. The van der Waals surface area contributed by atoms with Crippen LogP contribution in [0.4, 0.5) is 0 Å². The normalized spacial score (nSPS) is 10.2. The minimum Gasteiger partial charge on any atom is -0.482 e. The van der Waals surface area contributed by atoms with Crippen molar-refractivity contribution < 1.29 is 18.7 Å². The number of hydrogen-bond donors (Lipinski definition) is 0. The molecule has 5 heteroatoms. The van der Waals surface area contributed by atoms with Gasteiger partial charge >= 0.3 is 11.6 Å². The third-order valence-electron chi connectivity index (χ3n) is 2.18. The first-order valence-corrected chi connectivity index (χ1v) is 4.92. The maximum absolute atomic E-state index is 11.0. The molecule has 5 nitrogen and oxygen atoms in total. The predicted octanol–water partition coefficient (Wildman–Crippen LogP) is 1.34. The van der Waals surface area contributed by atoms with Crippen LogP contribution in [-0.4, -0.2) is 19.7 Å². The van der Waals surface area contributed by atoms with Gasteiger partial charge in [-0.2, -0.15) is 0 Å². The number of hydrogen-bond acceptors (Lipinski definition) is 5. The summed E-state index contributed by atoms with van der Waals surface area (Å²) in [5.74, 6) is -0.0307. The summed E-state index contributed by atoms with van der Waals surface area (Å²) in [6.45, 7) is -0.181. The lowest BCUT2D eigenvalue weighted by Gasteiger charge is -2.04. The Kier molecular flexibility index (Phi) is 3.09. The lowest BCUT2D eigenvalue weighted by atomic mass is 10.2. The van der Waals surface area contributed by atoms with Crippen LogP contribution < -0.4 is 10.4 Å².